The molecule has 4 aromatic carbocycles. The van der Waals surface area contributed by atoms with Crippen LogP contribution in [-0.4, -0.2) is 63.9 Å². The number of anilines is 1. The fourth-order valence-corrected chi connectivity index (χ4v) is 6.74. The van der Waals surface area contributed by atoms with Crippen molar-refractivity contribution in [3.63, 3.8) is 0 Å². The molecule has 0 fully saturated rings. The Morgan fingerprint density at radius 3 is 2.29 bits per heavy atom. The molecule has 0 aliphatic heterocycles. The van der Waals surface area contributed by atoms with Crippen molar-refractivity contribution < 1.29 is 32.4 Å². The van der Waals surface area contributed by atoms with Crippen LogP contribution in [0.5, 0.6) is 11.5 Å². The van der Waals surface area contributed by atoms with Crippen molar-refractivity contribution in [1.82, 2.24) is 10.2 Å². The maximum Gasteiger partial charge on any atom is 0.273 e. The zero-order valence-electron chi connectivity index (χ0n) is 26.8. The summed E-state index contributed by atoms with van der Waals surface area (Å²) in [6.45, 7) is 0.586. The van der Waals surface area contributed by atoms with Gasteiger partial charge in [0.25, 0.3) is 15.7 Å². The third-order valence-electron chi connectivity index (χ3n) is 7.66. The zero-order valence-corrected chi connectivity index (χ0v) is 28.3. The molecular formula is C34H35ClN4O8S. The van der Waals surface area contributed by atoms with Gasteiger partial charge in [0.2, 0.25) is 11.8 Å². The van der Waals surface area contributed by atoms with Gasteiger partial charge in [0, 0.05) is 36.7 Å². The van der Waals surface area contributed by atoms with E-state index in [2.05, 4.69) is 5.32 Å². The Balaban J connectivity index is 1.88. The highest BCUT2D eigenvalue weighted by Gasteiger charge is 2.36. The Hall–Kier alpha value is -5.14. The molecule has 48 heavy (non-hydrogen) atoms. The van der Waals surface area contributed by atoms with Gasteiger partial charge in [0.1, 0.15) is 24.1 Å². The van der Waals surface area contributed by atoms with E-state index in [-0.39, 0.29) is 35.0 Å². The number of benzene rings is 4. The minimum Gasteiger partial charge on any atom is -0.497 e. The van der Waals surface area contributed by atoms with E-state index in [1.165, 1.54) is 63.4 Å². The first-order valence-electron chi connectivity index (χ1n) is 14.7. The molecule has 0 spiro atoms. The summed E-state index contributed by atoms with van der Waals surface area (Å²) in [5.74, 6) is -0.620. The van der Waals surface area contributed by atoms with Crippen LogP contribution < -0.4 is 19.1 Å². The molecule has 4 rings (SSSR count). The summed E-state index contributed by atoms with van der Waals surface area (Å²) >= 11 is 6.31. The van der Waals surface area contributed by atoms with Gasteiger partial charge in [-0.05, 0) is 54.4 Å². The lowest BCUT2D eigenvalue weighted by atomic mass is 10.0. The van der Waals surface area contributed by atoms with Gasteiger partial charge in [0.15, 0.2) is 0 Å². The molecule has 1 atom stereocenters. The molecule has 0 bridgehead atoms. The second-order valence-corrected chi connectivity index (χ2v) is 13.0. The van der Waals surface area contributed by atoms with E-state index in [9.17, 15) is 28.1 Å². The molecule has 0 unspecified atom stereocenters. The number of nitro benzene ring substituents is 1. The van der Waals surface area contributed by atoms with Crippen LogP contribution in [0.1, 0.15) is 16.7 Å². The first kappa shape index (κ1) is 35.7. The van der Waals surface area contributed by atoms with Gasteiger partial charge in [-0.2, -0.15) is 0 Å². The highest BCUT2D eigenvalue weighted by atomic mass is 35.5. The van der Waals surface area contributed by atoms with Crippen molar-refractivity contribution in [2.24, 2.45) is 0 Å². The standard InChI is InChI=1S/C34H35ClN4O8S/c1-23-13-15-28(20-29(23)39(42)43)48(44,45)38(30-19-26(35)14-16-32(30)47-4)22-33(40)37(21-25-11-8-12-27(17-25)46-3)31(34(41)36-2)18-24-9-6-5-7-10-24/h5-17,19-20,31H,18,21-22H2,1-4H3,(H,36,41)/t31-/m0/s1. The normalized spacial score (nSPS) is 11.7. The third kappa shape index (κ3) is 8.22. The highest BCUT2D eigenvalue weighted by molar-refractivity contribution is 7.92. The number of amides is 2. The number of sulfonamides is 1. The van der Waals surface area contributed by atoms with Gasteiger partial charge in [-0.25, -0.2) is 8.42 Å². The summed E-state index contributed by atoms with van der Waals surface area (Å²) in [5.41, 5.74) is 1.14. The Labute approximate surface area is 284 Å². The second kappa shape index (κ2) is 15.6. The van der Waals surface area contributed by atoms with Gasteiger partial charge >= 0.3 is 0 Å². The van der Waals surface area contributed by atoms with Crippen LogP contribution in [0.2, 0.25) is 5.02 Å². The predicted octanol–water partition coefficient (Wildman–Crippen LogP) is 5.16. The van der Waals surface area contributed by atoms with Crippen molar-refractivity contribution >= 4 is 44.8 Å². The van der Waals surface area contributed by atoms with Crippen LogP contribution in [0.3, 0.4) is 0 Å². The average Bonchev–Trinajstić information content (AvgIpc) is 3.08. The first-order chi connectivity index (χ1) is 22.9. The van der Waals surface area contributed by atoms with E-state index in [0.717, 1.165) is 15.9 Å². The number of halogens is 1. The number of hydrogen-bond acceptors (Lipinski definition) is 8. The summed E-state index contributed by atoms with van der Waals surface area (Å²) in [5, 5.41) is 14.5. The topological polar surface area (TPSA) is 148 Å². The number of carbonyl (C=O) groups is 2. The summed E-state index contributed by atoms with van der Waals surface area (Å²) in [4.78, 5) is 40.0. The number of likely N-dealkylation sites (N-methyl/N-ethyl adjacent to an activating group) is 1. The Bertz CT molecular complexity index is 1910. The van der Waals surface area contributed by atoms with Crippen molar-refractivity contribution in [3.8, 4) is 11.5 Å². The van der Waals surface area contributed by atoms with E-state index in [1.54, 1.807) is 24.3 Å². The van der Waals surface area contributed by atoms with Gasteiger partial charge in [-0.3, -0.25) is 24.0 Å². The van der Waals surface area contributed by atoms with Crippen molar-refractivity contribution in [2.75, 3.05) is 32.1 Å². The fourth-order valence-electron chi connectivity index (χ4n) is 5.13. The molecule has 0 aliphatic rings. The summed E-state index contributed by atoms with van der Waals surface area (Å²) < 4.78 is 40.4. The zero-order chi connectivity index (χ0) is 35.0. The average molecular weight is 695 g/mol. The van der Waals surface area contributed by atoms with E-state index in [1.807, 2.05) is 30.3 Å². The van der Waals surface area contributed by atoms with Crippen molar-refractivity contribution in [2.45, 2.75) is 30.8 Å². The Kier molecular flexibility index (Phi) is 11.6. The van der Waals surface area contributed by atoms with Crippen LogP contribution in [0.25, 0.3) is 0 Å². The molecule has 0 heterocycles. The molecule has 4 aromatic rings. The van der Waals surface area contributed by atoms with Crippen LogP contribution in [0, 0.1) is 17.0 Å². The van der Waals surface area contributed by atoms with E-state index >= 15 is 0 Å². The molecule has 0 aliphatic carbocycles. The van der Waals surface area contributed by atoms with E-state index < -0.39 is 49.9 Å². The van der Waals surface area contributed by atoms with Gasteiger partial charge in [0.05, 0.1) is 29.7 Å². The number of hydrogen-bond donors (Lipinski definition) is 1. The van der Waals surface area contributed by atoms with Crippen LogP contribution >= 0.6 is 11.6 Å². The highest BCUT2D eigenvalue weighted by Crippen LogP contribution is 2.36. The molecule has 14 heteroatoms. The predicted molar refractivity (Wildman–Crippen MR) is 182 cm³/mol. The largest absolute Gasteiger partial charge is 0.497 e. The minimum absolute atomic E-state index is 0.0730. The molecule has 0 aromatic heterocycles. The lowest BCUT2D eigenvalue weighted by molar-refractivity contribution is -0.385. The van der Waals surface area contributed by atoms with Crippen molar-refractivity contribution in [3.05, 3.63) is 123 Å². The number of carbonyl (C=O) groups excluding carboxylic acids is 2. The number of methoxy groups -OCH3 is 2. The number of ether oxygens (including phenoxy) is 2. The minimum atomic E-state index is -4.68. The second-order valence-electron chi connectivity index (χ2n) is 10.7. The molecule has 0 saturated heterocycles. The van der Waals surface area contributed by atoms with Crippen LogP contribution in [0.15, 0.2) is 95.9 Å². The summed E-state index contributed by atoms with van der Waals surface area (Å²) in [7, 11) is -0.398. The lowest BCUT2D eigenvalue weighted by Gasteiger charge is -2.34. The molecular weight excluding hydrogens is 660 g/mol. The number of aryl methyl sites for hydroxylation is 1. The van der Waals surface area contributed by atoms with Crippen LogP contribution in [0.4, 0.5) is 11.4 Å². The van der Waals surface area contributed by atoms with Gasteiger partial charge in [-0.1, -0.05) is 60.1 Å². The molecule has 252 valence electrons. The monoisotopic (exact) mass is 694 g/mol. The maximum atomic E-state index is 14.6. The first-order valence-corrected chi connectivity index (χ1v) is 16.5. The SMILES string of the molecule is CNC(=O)[C@H](Cc1ccccc1)N(Cc1cccc(OC)c1)C(=O)CN(c1cc(Cl)ccc1OC)S(=O)(=O)c1ccc(C)c([N+](=O)[O-])c1. The molecule has 0 saturated carbocycles. The molecule has 0 radical (unpaired) electrons. The van der Waals surface area contributed by atoms with Gasteiger partial charge < -0.3 is 19.7 Å². The van der Waals surface area contributed by atoms with Crippen LogP contribution in [-0.2, 0) is 32.6 Å². The van der Waals surface area contributed by atoms with E-state index in [4.69, 9.17) is 21.1 Å². The molecule has 2 amide bonds. The number of nitrogens with zero attached hydrogens (tertiary/aromatic N) is 3. The Morgan fingerprint density at radius 1 is 0.938 bits per heavy atom. The lowest BCUT2D eigenvalue weighted by Crippen LogP contribution is -2.53. The number of nitrogens with one attached hydrogen (secondary N) is 1. The fraction of sp³-hybridized carbons (Fsp3) is 0.235. The number of rotatable bonds is 14. The summed E-state index contributed by atoms with van der Waals surface area (Å²) in [6.07, 6.45) is 0.119. The third-order valence-corrected chi connectivity index (χ3v) is 9.65. The molecule has 12 nitrogen and oxygen atoms in total. The van der Waals surface area contributed by atoms with E-state index in [0.29, 0.717) is 11.3 Å². The van der Waals surface area contributed by atoms with Crippen molar-refractivity contribution in [1.29, 1.82) is 0 Å². The van der Waals surface area contributed by atoms with Gasteiger partial charge in [-0.15, -0.1) is 0 Å². The molecule has 1 N–H and O–H groups in total. The Morgan fingerprint density at radius 2 is 1.65 bits per heavy atom. The number of nitro groups is 1. The smallest absolute Gasteiger partial charge is 0.273 e. The summed E-state index contributed by atoms with van der Waals surface area (Å²) in [6, 6.07) is 22.7. The maximum absolute atomic E-state index is 14.6. The quantitative estimate of drug-likeness (QED) is 0.141.